The van der Waals surface area contributed by atoms with Crippen LogP contribution in [0, 0.1) is 0 Å². The number of amides is 1. The first-order valence-electron chi connectivity index (χ1n) is 9.58. The van der Waals surface area contributed by atoms with Gasteiger partial charge in [0.15, 0.2) is 5.69 Å². The maximum Gasteiger partial charge on any atom is 0.274 e. The molecule has 6 heteroatoms. The Labute approximate surface area is 164 Å². The zero-order valence-electron chi connectivity index (χ0n) is 16.6. The molecule has 1 N–H and O–H groups in total. The summed E-state index contributed by atoms with van der Waals surface area (Å²) in [5, 5.41) is 8.22. The van der Waals surface area contributed by atoms with Gasteiger partial charge in [0.1, 0.15) is 0 Å². The number of hydrogen-bond acceptors (Lipinski definition) is 4. The van der Waals surface area contributed by atoms with E-state index >= 15 is 0 Å². The molecule has 1 aromatic heterocycles. The van der Waals surface area contributed by atoms with Gasteiger partial charge in [-0.15, -0.1) is 0 Å². The second-order valence-corrected chi connectivity index (χ2v) is 6.74. The Morgan fingerprint density at radius 2 is 1.61 bits per heavy atom. The molecular formula is C22H26N4O2. The number of carbonyl (C=O) groups is 1. The molecule has 0 saturated heterocycles. The van der Waals surface area contributed by atoms with Crippen LogP contribution in [0.2, 0.25) is 0 Å². The number of rotatable bonds is 7. The lowest BCUT2D eigenvalue weighted by Crippen LogP contribution is -2.30. The van der Waals surface area contributed by atoms with Gasteiger partial charge >= 0.3 is 0 Å². The fourth-order valence-corrected chi connectivity index (χ4v) is 3.30. The third-order valence-electron chi connectivity index (χ3n) is 5.02. The summed E-state index contributed by atoms with van der Waals surface area (Å²) in [6.45, 7) is 7.50. The van der Waals surface area contributed by atoms with Crippen molar-refractivity contribution < 1.29 is 4.79 Å². The van der Waals surface area contributed by atoms with Crippen molar-refractivity contribution in [1.82, 2.24) is 20.0 Å². The van der Waals surface area contributed by atoms with E-state index in [1.165, 1.54) is 10.2 Å². The number of benzene rings is 2. The Balaban J connectivity index is 1.84. The molecule has 0 spiro atoms. The highest BCUT2D eigenvalue weighted by Crippen LogP contribution is 2.15. The van der Waals surface area contributed by atoms with Crippen LogP contribution in [-0.4, -0.2) is 33.7 Å². The molecule has 1 heterocycles. The summed E-state index contributed by atoms with van der Waals surface area (Å²) >= 11 is 0. The Bertz CT molecular complexity index is 1040. The topological polar surface area (TPSA) is 67.2 Å². The molecule has 146 valence electrons. The largest absolute Gasteiger partial charge is 0.347 e. The molecule has 0 aliphatic carbocycles. The van der Waals surface area contributed by atoms with E-state index in [1.807, 2.05) is 18.2 Å². The Hall–Kier alpha value is -2.99. The normalized spacial score (nSPS) is 11.1. The molecule has 0 aliphatic heterocycles. The number of fused-ring (bicyclic) bond motifs is 1. The van der Waals surface area contributed by atoms with E-state index in [4.69, 9.17) is 0 Å². The number of nitrogens with one attached hydrogen (secondary N) is 1. The molecule has 0 aliphatic rings. The molecular weight excluding hydrogens is 352 g/mol. The molecule has 3 aromatic rings. The summed E-state index contributed by atoms with van der Waals surface area (Å²) in [5.41, 5.74) is 2.33. The number of nitrogens with zero attached hydrogens (tertiary/aromatic N) is 3. The van der Waals surface area contributed by atoms with Crippen molar-refractivity contribution in [1.29, 1.82) is 0 Å². The molecule has 0 unspecified atom stereocenters. The van der Waals surface area contributed by atoms with Crippen LogP contribution in [0.4, 0.5) is 0 Å². The predicted octanol–water partition coefficient (Wildman–Crippen LogP) is 2.71. The quantitative estimate of drug-likeness (QED) is 0.686. The van der Waals surface area contributed by atoms with E-state index in [0.29, 0.717) is 17.3 Å². The first-order valence-corrected chi connectivity index (χ1v) is 9.58. The molecule has 2 aromatic carbocycles. The molecule has 0 radical (unpaired) electrons. The van der Waals surface area contributed by atoms with E-state index in [0.717, 1.165) is 25.2 Å². The van der Waals surface area contributed by atoms with Gasteiger partial charge in [0.05, 0.1) is 5.39 Å². The minimum absolute atomic E-state index is 0.211. The Morgan fingerprint density at radius 1 is 1.00 bits per heavy atom. The second-order valence-electron chi connectivity index (χ2n) is 6.74. The van der Waals surface area contributed by atoms with E-state index in [-0.39, 0.29) is 17.2 Å². The SMILES string of the molecule is CCN(CC)Cc1ccccc1CNC(=O)c1nn(C)c(=O)c2ccccc12. The second kappa shape index (κ2) is 8.80. The molecule has 1 amide bonds. The van der Waals surface area contributed by atoms with Crippen LogP contribution in [0.15, 0.2) is 53.3 Å². The van der Waals surface area contributed by atoms with Crippen molar-refractivity contribution in [2.24, 2.45) is 7.05 Å². The maximum absolute atomic E-state index is 12.8. The number of hydrogen-bond donors (Lipinski definition) is 1. The highest BCUT2D eigenvalue weighted by molar-refractivity contribution is 6.04. The fourth-order valence-electron chi connectivity index (χ4n) is 3.30. The van der Waals surface area contributed by atoms with Crippen LogP contribution >= 0.6 is 0 Å². The van der Waals surface area contributed by atoms with Crippen molar-refractivity contribution >= 4 is 16.7 Å². The molecule has 0 bridgehead atoms. The molecule has 28 heavy (non-hydrogen) atoms. The third-order valence-corrected chi connectivity index (χ3v) is 5.02. The Kier molecular flexibility index (Phi) is 6.21. The average Bonchev–Trinajstić information content (AvgIpc) is 2.73. The molecule has 6 nitrogen and oxygen atoms in total. The highest BCUT2D eigenvalue weighted by Gasteiger charge is 2.16. The summed E-state index contributed by atoms with van der Waals surface area (Å²) in [4.78, 5) is 27.4. The van der Waals surface area contributed by atoms with E-state index in [1.54, 1.807) is 31.3 Å². The van der Waals surface area contributed by atoms with Gasteiger partial charge in [-0.1, -0.05) is 56.3 Å². The van der Waals surface area contributed by atoms with Crippen LogP contribution in [0.3, 0.4) is 0 Å². The summed E-state index contributed by atoms with van der Waals surface area (Å²) in [7, 11) is 1.56. The van der Waals surface area contributed by atoms with Crippen LogP contribution < -0.4 is 10.9 Å². The van der Waals surface area contributed by atoms with Crippen molar-refractivity contribution in [2.75, 3.05) is 13.1 Å². The van der Waals surface area contributed by atoms with Gasteiger partial charge in [-0.3, -0.25) is 14.5 Å². The van der Waals surface area contributed by atoms with Crippen molar-refractivity contribution in [3.05, 3.63) is 75.7 Å². The lowest BCUT2D eigenvalue weighted by Gasteiger charge is -2.20. The standard InChI is InChI=1S/C22H26N4O2/c1-4-26(5-2)15-17-11-7-6-10-16(17)14-23-21(27)20-18-12-8-9-13-19(18)22(28)25(3)24-20/h6-13H,4-5,14-15H2,1-3H3,(H,23,27). The van der Waals surface area contributed by atoms with Crippen LogP contribution in [0.5, 0.6) is 0 Å². The van der Waals surface area contributed by atoms with Gasteiger partial charge in [0, 0.05) is 25.5 Å². The van der Waals surface area contributed by atoms with Gasteiger partial charge in [0.2, 0.25) is 0 Å². The third kappa shape index (κ3) is 4.12. The van der Waals surface area contributed by atoms with Gasteiger partial charge in [-0.05, 0) is 30.3 Å². The number of carbonyl (C=O) groups excluding carboxylic acids is 1. The highest BCUT2D eigenvalue weighted by atomic mass is 16.2. The monoisotopic (exact) mass is 378 g/mol. The van der Waals surface area contributed by atoms with Gasteiger partial charge in [0.25, 0.3) is 11.5 Å². The first-order chi connectivity index (χ1) is 13.5. The van der Waals surface area contributed by atoms with Crippen LogP contribution in [0.25, 0.3) is 10.8 Å². The zero-order valence-corrected chi connectivity index (χ0v) is 16.6. The molecule has 3 rings (SSSR count). The van der Waals surface area contributed by atoms with Crippen LogP contribution in [-0.2, 0) is 20.1 Å². The Morgan fingerprint density at radius 3 is 2.29 bits per heavy atom. The van der Waals surface area contributed by atoms with Crippen molar-refractivity contribution in [3.63, 3.8) is 0 Å². The summed E-state index contributed by atoms with van der Waals surface area (Å²) in [6.07, 6.45) is 0. The smallest absolute Gasteiger partial charge is 0.274 e. The molecule has 0 atom stereocenters. The van der Waals surface area contributed by atoms with Crippen LogP contribution in [0.1, 0.15) is 35.5 Å². The average molecular weight is 378 g/mol. The van der Waals surface area contributed by atoms with Crippen molar-refractivity contribution in [2.45, 2.75) is 26.9 Å². The zero-order chi connectivity index (χ0) is 20.1. The summed E-state index contributed by atoms with van der Waals surface area (Å²) < 4.78 is 1.21. The summed E-state index contributed by atoms with van der Waals surface area (Å²) in [5.74, 6) is -0.288. The lowest BCUT2D eigenvalue weighted by molar-refractivity contribution is 0.0945. The fraction of sp³-hybridized carbons (Fsp3) is 0.318. The molecule has 0 fully saturated rings. The predicted molar refractivity (Wildman–Crippen MR) is 111 cm³/mol. The minimum atomic E-state index is -0.288. The van der Waals surface area contributed by atoms with Gasteiger partial charge in [-0.2, -0.15) is 5.10 Å². The number of aromatic nitrogens is 2. The van der Waals surface area contributed by atoms with E-state index in [2.05, 4.69) is 35.2 Å². The maximum atomic E-state index is 12.8. The minimum Gasteiger partial charge on any atom is -0.347 e. The first kappa shape index (κ1) is 19.8. The number of aryl methyl sites for hydroxylation is 1. The van der Waals surface area contributed by atoms with Crippen molar-refractivity contribution in [3.8, 4) is 0 Å². The van der Waals surface area contributed by atoms with E-state index < -0.39 is 0 Å². The summed E-state index contributed by atoms with van der Waals surface area (Å²) in [6, 6.07) is 15.2. The molecule has 0 saturated carbocycles. The van der Waals surface area contributed by atoms with Gasteiger partial charge in [-0.25, -0.2) is 4.68 Å². The van der Waals surface area contributed by atoms with E-state index in [9.17, 15) is 9.59 Å². The lowest BCUT2D eigenvalue weighted by atomic mass is 10.1. The van der Waals surface area contributed by atoms with Gasteiger partial charge < -0.3 is 5.32 Å².